The second kappa shape index (κ2) is 18.5. The smallest absolute Gasteiger partial charge is 0.289 e. The minimum absolute atomic E-state index is 0.0568. The normalized spacial score (nSPS) is 11.9. The molecule has 0 fully saturated rings. The van der Waals surface area contributed by atoms with Gasteiger partial charge in [0.2, 0.25) is 0 Å². The van der Waals surface area contributed by atoms with Gasteiger partial charge in [-0.1, -0.05) is 96.9 Å². The summed E-state index contributed by atoms with van der Waals surface area (Å²) < 4.78 is 0. The Kier molecular flexibility index (Phi) is 15.4. The van der Waals surface area contributed by atoms with Gasteiger partial charge in [-0.2, -0.15) is 0 Å². The van der Waals surface area contributed by atoms with Crippen LogP contribution >= 0.6 is 0 Å². The third-order valence-corrected chi connectivity index (χ3v) is 6.45. The average molecular weight is 525 g/mol. The molecular formula is C32H44O6. The molecule has 0 N–H and O–H groups in total. The van der Waals surface area contributed by atoms with Crippen LogP contribution in [0.3, 0.4) is 0 Å². The van der Waals surface area contributed by atoms with Gasteiger partial charge in [0.05, 0.1) is 11.1 Å². The summed E-state index contributed by atoms with van der Waals surface area (Å²) in [5.74, 6) is -1.26. The highest BCUT2D eigenvalue weighted by molar-refractivity contribution is 5.89. The van der Waals surface area contributed by atoms with Crippen LogP contribution in [0.5, 0.6) is 0 Å². The van der Waals surface area contributed by atoms with Crippen molar-refractivity contribution in [2.45, 2.75) is 97.8 Å². The summed E-state index contributed by atoms with van der Waals surface area (Å²) in [6, 6.07) is 14.6. The van der Waals surface area contributed by atoms with Gasteiger partial charge in [0.1, 0.15) is 0 Å². The predicted molar refractivity (Wildman–Crippen MR) is 149 cm³/mol. The monoisotopic (exact) mass is 524 g/mol. The Morgan fingerprint density at radius 2 is 1.08 bits per heavy atom. The van der Waals surface area contributed by atoms with E-state index in [4.69, 9.17) is 19.6 Å². The maximum atomic E-state index is 12.5. The molecule has 1 atom stereocenters. The van der Waals surface area contributed by atoms with Crippen molar-refractivity contribution in [3.63, 3.8) is 0 Å². The van der Waals surface area contributed by atoms with Crippen LogP contribution in [-0.2, 0) is 32.4 Å². The van der Waals surface area contributed by atoms with Gasteiger partial charge >= 0.3 is 18.2 Å². The number of hydrogen-bond donors (Lipinski definition) is 0. The van der Waals surface area contributed by atoms with E-state index in [-0.39, 0.29) is 18.6 Å². The summed E-state index contributed by atoms with van der Waals surface area (Å²) in [5, 5.41) is 0. The second-order valence-electron chi connectivity index (χ2n) is 9.89. The second-order valence-corrected chi connectivity index (χ2v) is 9.89. The van der Waals surface area contributed by atoms with Crippen molar-refractivity contribution >= 4 is 11.9 Å². The molecule has 0 amide bonds. The minimum atomic E-state index is -0.660. The van der Waals surface area contributed by atoms with E-state index in [0.29, 0.717) is 17.5 Å². The quantitative estimate of drug-likeness (QED) is 0.104. The maximum absolute atomic E-state index is 12.5. The lowest BCUT2D eigenvalue weighted by atomic mass is 10.0. The fraction of sp³-hybridized carbons (Fsp3) is 0.500. The van der Waals surface area contributed by atoms with Crippen LogP contribution in [0.2, 0.25) is 0 Å². The minimum Gasteiger partial charge on any atom is -0.289 e. The standard InChI is InChI=1S/C32H44O6/c1-5-8-10-12-14-26-16-20-28(21-17-26)31(33)37-35-30(24-25(4)7-3)36-38-32(34)29-22-18-27(19-23-29)15-13-11-9-6-2/h16-23,25H,3,5-15,24H2,1-2,4H3. The third-order valence-electron chi connectivity index (χ3n) is 6.45. The summed E-state index contributed by atoms with van der Waals surface area (Å²) in [6.45, 7) is 10.2. The van der Waals surface area contributed by atoms with E-state index in [1.165, 1.54) is 49.7 Å². The number of carbonyl (C=O) groups is 2. The summed E-state index contributed by atoms with van der Waals surface area (Å²) in [4.78, 5) is 45.3. The molecule has 2 rings (SSSR count). The number of unbranched alkanes of at least 4 members (excludes halogenated alkanes) is 6. The lowest BCUT2D eigenvalue weighted by molar-refractivity contribution is -0.365. The molecule has 6 nitrogen and oxygen atoms in total. The maximum Gasteiger partial charge on any atom is 0.373 e. The van der Waals surface area contributed by atoms with Crippen LogP contribution < -0.4 is 0 Å². The summed E-state index contributed by atoms with van der Waals surface area (Å²) in [7, 11) is 0. The highest BCUT2D eigenvalue weighted by Crippen LogP contribution is 2.22. The van der Waals surface area contributed by atoms with Gasteiger partial charge in [0.25, 0.3) is 0 Å². The van der Waals surface area contributed by atoms with Crippen molar-refractivity contribution < 1.29 is 29.1 Å². The highest BCUT2D eigenvalue weighted by atomic mass is 17.3. The predicted octanol–water partition coefficient (Wildman–Crippen LogP) is 8.55. The molecule has 0 spiro atoms. The summed E-state index contributed by atoms with van der Waals surface area (Å²) in [5.41, 5.74) is 3.07. The van der Waals surface area contributed by atoms with Gasteiger partial charge in [0, 0.05) is 6.42 Å². The van der Waals surface area contributed by atoms with E-state index >= 15 is 0 Å². The molecule has 2 aromatic carbocycles. The third kappa shape index (κ3) is 12.2. The van der Waals surface area contributed by atoms with E-state index in [2.05, 4.69) is 20.8 Å². The van der Waals surface area contributed by atoms with Crippen molar-refractivity contribution in [1.29, 1.82) is 0 Å². The van der Waals surface area contributed by atoms with E-state index in [1.807, 2.05) is 31.2 Å². The molecule has 0 aliphatic heterocycles. The number of rotatable bonds is 19. The fourth-order valence-electron chi connectivity index (χ4n) is 3.86. The van der Waals surface area contributed by atoms with Gasteiger partial charge < -0.3 is 0 Å². The highest BCUT2D eigenvalue weighted by Gasteiger charge is 2.24. The van der Waals surface area contributed by atoms with Crippen molar-refractivity contribution in [1.82, 2.24) is 0 Å². The molecule has 38 heavy (non-hydrogen) atoms. The molecule has 2 radical (unpaired) electrons. The Morgan fingerprint density at radius 1 is 0.658 bits per heavy atom. The van der Waals surface area contributed by atoms with E-state index in [9.17, 15) is 9.59 Å². The fourth-order valence-corrected chi connectivity index (χ4v) is 3.86. The molecule has 0 aromatic heterocycles. The number of carbonyl (C=O) groups excluding carboxylic acids is 2. The largest absolute Gasteiger partial charge is 0.373 e. The molecule has 0 saturated carbocycles. The summed E-state index contributed by atoms with van der Waals surface area (Å²) in [6.07, 6.45) is 12.2. The van der Waals surface area contributed by atoms with Gasteiger partial charge in [-0.25, -0.2) is 9.59 Å². The van der Waals surface area contributed by atoms with Crippen LogP contribution in [0, 0.1) is 19.1 Å². The average Bonchev–Trinajstić information content (AvgIpc) is 2.95. The van der Waals surface area contributed by atoms with E-state index < -0.39 is 11.9 Å². The zero-order chi connectivity index (χ0) is 27.6. The Bertz CT molecular complexity index is 850. The van der Waals surface area contributed by atoms with Gasteiger partial charge in [0.15, 0.2) is 0 Å². The first-order valence-electron chi connectivity index (χ1n) is 14.1. The Balaban J connectivity index is 1.85. The molecular weight excluding hydrogens is 480 g/mol. The topological polar surface area (TPSA) is 71.1 Å². The molecule has 0 bridgehead atoms. The van der Waals surface area contributed by atoms with Gasteiger partial charge in [-0.3, -0.25) is 9.78 Å². The van der Waals surface area contributed by atoms with Crippen molar-refractivity contribution in [2.24, 2.45) is 5.92 Å². The Labute approximate surface area is 228 Å². The first-order chi connectivity index (χ1) is 18.5. The Morgan fingerprint density at radius 3 is 1.45 bits per heavy atom. The molecule has 0 saturated heterocycles. The van der Waals surface area contributed by atoms with Gasteiger partial charge in [-0.15, -0.1) is 9.78 Å². The number of benzene rings is 2. The van der Waals surface area contributed by atoms with Crippen molar-refractivity contribution in [3.05, 3.63) is 84.0 Å². The number of aryl methyl sites for hydroxylation is 2. The van der Waals surface area contributed by atoms with Crippen LogP contribution in [0.1, 0.15) is 117 Å². The molecule has 1 unspecified atom stereocenters. The van der Waals surface area contributed by atoms with Crippen molar-refractivity contribution in [2.75, 3.05) is 0 Å². The van der Waals surface area contributed by atoms with Crippen LogP contribution in [0.25, 0.3) is 0 Å². The zero-order valence-electron chi connectivity index (χ0n) is 23.3. The lowest BCUT2D eigenvalue weighted by Crippen LogP contribution is -2.18. The Hall–Kier alpha value is -2.70. The van der Waals surface area contributed by atoms with Crippen LogP contribution in [0.4, 0.5) is 0 Å². The van der Waals surface area contributed by atoms with E-state index in [0.717, 1.165) is 25.7 Å². The molecule has 0 aliphatic carbocycles. The van der Waals surface area contributed by atoms with Crippen LogP contribution in [0.15, 0.2) is 48.5 Å². The number of hydrogen-bond acceptors (Lipinski definition) is 6. The van der Waals surface area contributed by atoms with Crippen molar-refractivity contribution in [3.8, 4) is 0 Å². The molecule has 6 heteroatoms. The first kappa shape index (κ1) is 31.5. The van der Waals surface area contributed by atoms with Crippen LogP contribution in [-0.4, -0.2) is 11.9 Å². The zero-order valence-corrected chi connectivity index (χ0v) is 23.3. The SMILES string of the molecule is [CH2]CC(C)C[C](OOC(=O)c1ccc(CCCCCC)cc1)OOC(=O)c1ccc(CCCCCC)cc1. The summed E-state index contributed by atoms with van der Waals surface area (Å²) >= 11 is 0. The molecule has 0 aliphatic rings. The lowest BCUT2D eigenvalue weighted by Gasteiger charge is -2.16. The van der Waals surface area contributed by atoms with Gasteiger partial charge in [-0.05, 0) is 67.0 Å². The molecule has 2 aromatic rings. The first-order valence-corrected chi connectivity index (χ1v) is 14.1. The van der Waals surface area contributed by atoms with E-state index in [1.54, 1.807) is 24.3 Å². The molecule has 0 heterocycles. The molecule has 208 valence electrons.